The number of hydrogen-bond donors (Lipinski definition) is 1. The van der Waals surface area contributed by atoms with Crippen LogP contribution in [0.3, 0.4) is 0 Å². The molecule has 1 unspecified atom stereocenters. The number of carbonyl (C=O) groups is 2. The van der Waals surface area contributed by atoms with Crippen molar-refractivity contribution >= 4 is 23.3 Å². The van der Waals surface area contributed by atoms with Crippen LogP contribution in [0.4, 0.5) is 11.4 Å². The van der Waals surface area contributed by atoms with Crippen molar-refractivity contribution in [3.8, 4) is 0 Å². The maximum absolute atomic E-state index is 12.3. The van der Waals surface area contributed by atoms with Gasteiger partial charge in [0.25, 0.3) is 0 Å². The number of nitrogens with one attached hydrogen (secondary N) is 1. The number of aromatic nitrogens is 4. The molecule has 0 saturated carbocycles. The normalized spacial score (nSPS) is 11.8. The summed E-state index contributed by atoms with van der Waals surface area (Å²) in [6.45, 7) is 3.01. The second-order valence-corrected chi connectivity index (χ2v) is 5.06. The molecule has 11 nitrogen and oxygen atoms in total. The number of nitro groups is 1. The molecule has 0 aliphatic heterocycles. The van der Waals surface area contributed by atoms with Gasteiger partial charge in [0.1, 0.15) is 17.9 Å². The number of nitrogens with zero attached hydrogens (tertiary/aromatic N) is 5. The van der Waals surface area contributed by atoms with Crippen LogP contribution in [-0.2, 0) is 16.6 Å². The average molecular weight is 336 g/mol. The number of esters is 1. The Balaban J connectivity index is 2.22. The molecule has 0 aromatic carbocycles. The zero-order chi connectivity index (χ0) is 18.0. The summed E-state index contributed by atoms with van der Waals surface area (Å²) in [6.07, 6.45) is 2.64. The van der Waals surface area contributed by atoms with Gasteiger partial charge >= 0.3 is 11.7 Å². The number of carbonyl (C=O) groups excluding carboxylic acids is 2. The van der Waals surface area contributed by atoms with E-state index in [9.17, 15) is 19.7 Å². The summed E-state index contributed by atoms with van der Waals surface area (Å²) in [4.78, 5) is 34.3. The van der Waals surface area contributed by atoms with Crippen molar-refractivity contribution in [1.82, 2.24) is 19.6 Å². The van der Waals surface area contributed by atoms with Crippen LogP contribution in [-0.4, -0.2) is 43.5 Å². The van der Waals surface area contributed by atoms with Crippen molar-refractivity contribution in [3.63, 3.8) is 0 Å². The van der Waals surface area contributed by atoms with E-state index in [0.717, 1.165) is 0 Å². The van der Waals surface area contributed by atoms with E-state index in [-0.39, 0.29) is 22.8 Å². The number of aryl methyl sites for hydroxylation is 2. The lowest BCUT2D eigenvalue weighted by Crippen LogP contribution is -2.25. The molecule has 0 aliphatic carbocycles. The van der Waals surface area contributed by atoms with E-state index in [1.807, 2.05) is 0 Å². The molecule has 1 atom stereocenters. The first-order valence-corrected chi connectivity index (χ1v) is 6.87. The van der Waals surface area contributed by atoms with Crippen LogP contribution in [0.25, 0.3) is 0 Å². The lowest BCUT2D eigenvalue weighted by atomic mass is 10.3. The molecule has 0 spiro atoms. The third-order valence-electron chi connectivity index (χ3n) is 3.33. The summed E-state index contributed by atoms with van der Waals surface area (Å²) in [5.74, 6) is -1.20. The molecule has 0 radical (unpaired) electrons. The number of amides is 1. The van der Waals surface area contributed by atoms with Crippen molar-refractivity contribution in [2.75, 3.05) is 12.4 Å². The van der Waals surface area contributed by atoms with Gasteiger partial charge in [0.05, 0.1) is 17.7 Å². The van der Waals surface area contributed by atoms with Gasteiger partial charge in [-0.05, 0) is 13.8 Å². The maximum Gasteiger partial charge on any atom is 0.360 e. The van der Waals surface area contributed by atoms with Crippen molar-refractivity contribution in [2.45, 2.75) is 19.9 Å². The van der Waals surface area contributed by atoms with E-state index >= 15 is 0 Å². The van der Waals surface area contributed by atoms with E-state index in [1.165, 1.54) is 42.7 Å². The Hall–Kier alpha value is -3.24. The zero-order valence-electron chi connectivity index (χ0n) is 13.5. The molecule has 128 valence electrons. The van der Waals surface area contributed by atoms with Gasteiger partial charge in [-0.2, -0.15) is 10.2 Å². The molecule has 0 fully saturated rings. The average Bonchev–Trinajstić information content (AvgIpc) is 3.08. The van der Waals surface area contributed by atoms with Crippen molar-refractivity contribution < 1.29 is 19.2 Å². The predicted molar refractivity (Wildman–Crippen MR) is 81.5 cm³/mol. The number of ether oxygens (including phenoxy) is 1. The van der Waals surface area contributed by atoms with Crippen LogP contribution in [0.15, 0.2) is 12.4 Å². The SMILES string of the molecule is COC(=O)c1nn(C)cc1NC(=O)C(C)n1cc([N+](=O)[O-])c(C)n1. The Morgan fingerprint density at radius 3 is 2.58 bits per heavy atom. The predicted octanol–water partition coefficient (Wildman–Crippen LogP) is 0.820. The lowest BCUT2D eigenvalue weighted by Gasteiger charge is -2.11. The van der Waals surface area contributed by atoms with Gasteiger partial charge in [-0.15, -0.1) is 0 Å². The van der Waals surface area contributed by atoms with Gasteiger partial charge in [-0.25, -0.2) is 4.79 Å². The summed E-state index contributed by atoms with van der Waals surface area (Å²) in [5, 5.41) is 21.3. The van der Waals surface area contributed by atoms with Crippen molar-refractivity contribution in [3.05, 3.63) is 33.9 Å². The Morgan fingerprint density at radius 1 is 1.38 bits per heavy atom. The molecular weight excluding hydrogens is 320 g/mol. The standard InChI is InChI=1S/C13H16N6O5/c1-7-10(19(22)23)6-18(15-7)8(2)12(20)14-9-5-17(3)16-11(9)13(21)24-4/h5-6,8H,1-4H3,(H,14,20). The molecular formula is C13H16N6O5. The lowest BCUT2D eigenvalue weighted by molar-refractivity contribution is -0.385. The van der Waals surface area contributed by atoms with Crippen LogP contribution >= 0.6 is 0 Å². The Morgan fingerprint density at radius 2 is 2.04 bits per heavy atom. The van der Waals surface area contributed by atoms with E-state index < -0.39 is 22.8 Å². The number of methoxy groups -OCH3 is 1. The molecule has 11 heteroatoms. The summed E-state index contributed by atoms with van der Waals surface area (Å²) in [5.41, 5.74) is 0.172. The van der Waals surface area contributed by atoms with Crippen LogP contribution in [0, 0.1) is 17.0 Å². The fourth-order valence-electron chi connectivity index (χ4n) is 2.03. The molecule has 1 N–H and O–H groups in total. The summed E-state index contributed by atoms with van der Waals surface area (Å²) < 4.78 is 7.15. The minimum absolute atomic E-state index is 0.0387. The molecule has 0 bridgehead atoms. The third kappa shape index (κ3) is 3.24. The largest absolute Gasteiger partial charge is 0.464 e. The number of hydrogen-bond acceptors (Lipinski definition) is 7. The van der Waals surface area contributed by atoms with Gasteiger partial charge < -0.3 is 10.1 Å². The first kappa shape index (κ1) is 17.1. The highest BCUT2D eigenvalue weighted by atomic mass is 16.6. The minimum atomic E-state index is -0.830. The molecule has 24 heavy (non-hydrogen) atoms. The summed E-state index contributed by atoms with van der Waals surface area (Å²) >= 11 is 0. The van der Waals surface area contributed by atoms with Crippen LogP contribution in [0.2, 0.25) is 0 Å². The van der Waals surface area contributed by atoms with Crippen LogP contribution < -0.4 is 5.32 Å². The highest BCUT2D eigenvalue weighted by molar-refractivity contribution is 6.00. The van der Waals surface area contributed by atoms with E-state index in [2.05, 4.69) is 20.3 Å². The number of anilines is 1. The zero-order valence-corrected chi connectivity index (χ0v) is 13.5. The Kier molecular flexibility index (Phi) is 4.62. The second kappa shape index (κ2) is 6.48. The van der Waals surface area contributed by atoms with Gasteiger partial charge in [0.15, 0.2) is 5.69 Å². The molecule has 2 aromatic rings. The molecule has 1 amide bonds. The molecule has 0 saturated heterocycles. The molecule has 0 aliphatic rings. The smallest absolute Gasteiger partial charge is 0.360 e. The molecule has 2 aromatic heterocycles. The van der Waals surface area contributed by atoms with E-state index in [1.54, 1.807) is 7.05 Å². The van der Waals surface area contributed by atoms with Crippen molar-refractivity contribution in [2.24, 2.45) is 7.05 Å². The summed E-state index contributed by atoms with van der Waals surface area (Å²) in [6, 6.07) is -0.830. The highest BCUT2D eigenvalue weighted by Gasteiger charge is 2.24. The molecule has 2 rings (SSSR count). The second-order valence-electron chi connectivity index (χ2n) is 5.06. The van der Waals surface area contributed by atoms with E-state index in [0.29, 0.717) is 0 Å². The van der Waals surface area contributed by atoms with Crippen LogP contribution in [0.5, 0.6) is 0 Å². The van der Waals surface area contributed by atoms with Crippen LogP contribution in [0.1, 0.15) is 29.1 Å². The van der Waals surface area contributed by atoms with Gasteiger partial charge in [-0.3, -0.25) is 24.3 Å². The third-order valence-corrected chi connectivity index (χ3v) is 3.33. The Bertz CT molecular complexity index is 808. The fourth-order valence-corrected chi connectivity index (χ4v) is 2.03. The monoisotopic (exact) mass is 336 g/mol. The summed E-state index contributed by atoms with van der Waals surface area (Å²) in [7, 11) is 2.79. The highest BCUT2D eigenvalue weighted by Crippen LogP contribution is 2.20. The van der Waals surface area contributed by atoms with Crippen molar-refractivity contribution in [1.29, 1.82) is 0 Å². The molecule has 2 heterocycles. The maximum atomic E-state index is 12.3. The van der Waals surface area contributed by atoms with E-state index in [4.69, 9.17) is 0 Å². The minimum Gasteiger partial charge on any atom is -0.464 e. The Labute approximate surface area is 136 Å². The first-order chi connectivity index (χ1) is 11.2. The fraction of sp³-hybridized carbons (Fsp3) is 0.385. The topological polar surface area (TPSA) is 134 Å². The van der Waals surface area contributed by atoms with Gasteiger partial charge in [0, 0.05) is 13.2 Å². The van der Waals surface area contributed by atoms with Gasteiger partial charge in [0.2, 0.25) is 5.91 Å². The van der Waals surface area contributed by atoms with Gasteiger partial charge in [-0.1, -0.05) is 0 Å². The number of rotatable bonds is 5. The first-order valence-electron chi connectivity index (χ1n) is 6.87. The quantitative estimate of drug-likeness (QED) is 0.485.